The number of unbranched alkanes of at least 4 members (excludes halogenated alkanes) is 2. The Hall–Kier alpha value is -2.43. The first-order valence-electron chi connectivity index (χ1n) is 7.97. The number of esters is 1. The monoisotopic (exact) mass is 314 g/mol. The second-order valence-corrected chi connectivity index (χ2v) is 5.13. The highest BCUT2D eigenvalue weighted by Crippen LogP contribution is 2.18. The van der Waals surface area contributed by atoms with E-state index in [1.807, 2.05) is 43.3 Å². The topological polar surface area (TPSA) is 64.7 Å². The van der Waals surface area contributed by atoms with E-state index in [9.17, 15) is 4.79 Å². The summed E-state index contributed by atoms with van der Waals surface area (Å²) in [6.07, 6.45) is 4.96. The summed E-state index contributed by atoms with van der Waals surface area (Å²) < 4.78 is 10.2. The van der Waals surface area contributed by atoms with Crippen LogP contribution in [0.3, 0.4) is 0 Å². The van der Waals surface area contributed by atoms with Gasteiger partial charge in [0, 0.05) is 24.6 Å². The van der Waals surface area contributed by atoms with Gasteiger partial charge in [-0.05, 0) is 19.8 Å². The van der Waals surface area contributed by atoms with E-state index in [1.54, 1.807) is 6.21 Å². The van der Waals surface area contributed by atoms with Crippen molar-refractivity contribution in [3.05, 3.63) is 42.1 Å². The van der Waals surface area contributed by atoms with Crippen molar-refractivity contribution in [2.75, 3.05) is 13.2 Å². The highest BCUT2D eigenvalue weighted by molar-refractivity contribution is 5.78. The van der Waals surface area contributed by atoms with E-state index < -0.39 is 0 Å². The van der Waals surface area contributed by atoms with Gasteiger partial charge >= 0.3 is 5.97 Å². The molecule has 1 aromatic heterocycles. The average molecular weight is 314 g/mol. The molecule has 0 saturated carbocycles. The van der Waals surface area contributed by atoms with Crippen LogP contribution in [0.5, 0.6) is 0 Å². The van der Waals surface area contributed by atoms with Gasteiger partial charge in [0.1, 0.15) is 5.69 Å². The maximum atomic E-state index is 11.2. The maximum absolute atomic E-state index is 11.2. The molecule has 0 amide bonds. The van der Waals surface area contributed by atoms with E-state index in [2.05, 4.69) is 10.1 Å². The quantitative estimate of drug-likeness (QED) is 0.400. The van der Waals surface area contributed by atoms with Gasteiger partial charge in [0.2, 0.25) is 0 Å². The van der Waals surface area contributed by atoms with Crippen molar-refractivity contribution < 1.29 is 14.1 Å². The maximum Gasteiger partial charge on any atom is 0.305 e. The number of hydrogen-bond donors (Lipinski definition) is 0. The van der Waals surface area contributed by atoms with Crippen LogP contribution in [0.4, 0.5) is 0 Å². The molecule has 5 heteroatoms. The number of hydrogen-bond acceptors (Lipinski definition) is 5. The third kappa shape index (κ3) is 6.06. The zero-order valence-corrected chi connectivity index (χ0v) is 13.4. The van der Waals surface area contributed by atoms with Crippen LogP contribution in [-0.4, -0.2) is 30.5 Å². The zero-order chi connectivity index (χ0) is 16.3. The first-order valence-corrected chi connectivity index (χ1v) is 7.97. The lowest BCUT2D eigenvalue weighted by Gasteiger charge is -2.00. The summed E-state index contributed by atoms with van der Waals surface area (Å²) in [5.74, 6) is 0.619. The summed E-state index contributed by atoms with van der Waals surface area (Å²) in [6.45, 7) is 2.99. The van der Waals surface area contributed by atoms with E-state index in [0.29, 0.717) is 13.0 Å². The summed E-state index contributed by atoms with van der Waals surface area (Å²) in [5.41, 5.74) is 1.72. The third-order valence-corrected chi connectivity index (χ3v) is 3.28. The van der Waals surface area contributed by atoms with Gasteiger partial charge < -0.3 is 9.26 Å². The van der Waals surface area contributed by atoms with Gasteiger partial charge in [0.25, 0.3) is 0 Å². The first-order chi connectivity index (χ1) is 11.3. The molecular weight excluding hydrogens is 292 g/mol. The molecule has 0 aliphatic carbocycles. The fraction of sp³-hybridized carbons (Fsp3) is 0.389. The predicted octanol–water partition coefficient (Wildman–Crippen LogP) is 3.88. The lowest BCUT2D eigenvalue weighted by Crippen LogP contribution is -2.03. The van der Waals surface area contributed by atoms with Crippen molar-refractivity contribution in [3.8, 4) is 11.3 Å². The van der Waals surface area contributed by atoms with Crippen LogP contribution >= 0.6 is 0 Å². The van der Waals surface area contributed by atoms with Gasteiger partial charge in [-0.2, -0.15) is 0 Å². The van der Waals surface area contributed by atoms with Crippen LogP contribution < -0.4 is 0 Å². The fourth-order valence-electron chi connectivity index (χ4n) is 2.13. The van der Waals surface area contributed by atoms with Crippen LogP contribution in [0.25, 0.3) is 11.3 Å². The molecule has 0 radical (unpaired) electrons. The molecule has 0 bridgehead atoms. The normalized spacial score (nSPS) is 11.0. The highest BCUT2D eigenvalue weighted by Gasteiger charge is 2.04. The number of aliphatic imine (C=N–C) groups is 1. The van der Waals surface area contributed by atoms with Gasteiger partial charge in [-0.25, -0.2) is 0 Å². The number of ether oxygens (including phenoxy) is 1. The van der Waals surface area contributed by atoms with E-state index >= 15 is 0 Å². The number of carbonyl (C=O) groups is 1. The summed E-state index contributed by atoms with van der Waals surface area (Å²) in [6, 6.07) is 11.7. The molecule has 5 nitrogen and oxygen atoms in total. The Kier molecular flexibility index (Phi) is 7.04. The van der Waals surface area contributed by atoms with Crippen molar-refractivity contribution in [3.63, 3.8) is 0 Å². The van der Waals surface area contributed by atoms with Crippen LogP contribution in [-0.2, 0) is 9.53 Å². The van der Waals surface area contributed by atoms with Crippen LogP contribution in [0.1, 0.15) is 38.3 Å². The number of carbonyl (C=O) groups excluding carboxylic acids is 1. The lowest BCUT2D eigenvalue weighted by atomic mass is 10.2. The molecule has 1 aromatic carbocycles. The molecule has 0 fully saturated rings. The van der Waals surface area contributed by atoms with Crippen LogP contribution in [0, 0.1) is 0 Å². The molecule has 23 heavy (non-hydrogen) atoms. The smallest absolute Gasteiger partial charge is 0.305 e. The minimum absolute atomic E-state index is 0.118. The van der Waals surface area contributed by atoms with E-state index in [1.165, 1.54) is 0 Å². The van der Waals surface area contributed by atoms with Crippen LogP contribution in [0.2, 0.25) is 0 Å². The Balaban J connectivity index is 1.67. The van der Waals surface area contributed by atoms with Crippen molar-refractivity contribution in [1.82, 2.24) is 5.16 Å². The molecule has 0 atom stereocenters. The Labute approximate surface area is 136 Å². The van der Waals surface area contributed by atoms with E-state index in [0.717, 1.165) is 42.8 Å². The van der Waals surface area contributed by atoms with Gasteiger partial charge in [0.15, 0.2) is 5.76 Å². The minimum Gasteiger partial charge on any atom is -0.466 e. The SMILES string of the molecule is CCOC(=O)CCCCCN=Cc1cc(-c2ccccc2)on1. The molecule has 0 spiro atoms. The summed E-state index contributed by atoms with van der Waals surface area (Å²) >= 11 is 0. The second-order valence-electron chi connectivity index (χ2n) is 5.13. The van der Waals surface area contributed by atoms with Crippen molar-refractivity contribution in [1.29, 1.82) is 0 Å². The van der Waals surface area contributed by atoms with Gasteiger partial charge in [0.05, 0.1) is 12.8 Å². The molecule has 2 rings (SSSR count). The first kappa shape index (κ1) is 16.9. The van der Waals surface area contributed by atoms with Crippen LogP contribution in [0.15, 0.2) is 45.9 Å². The van der Waals surface area contributed by atoms with Crippen molar-refractivity contribution in [2.24, 2.45) is 4.99 Å². The molecule has 1 heterocycles. The molecule has 0 unspecified atom stereocenters. The molecule has 0 saturated heterocycles. The van der Waals surface area contributed by atoms with Gasteiger partial charge in [-0.1, -0.05) is 41.9 Å². The molecule has 0 N–H and O–H groups in total. The van der Waals surface area contributed by atoms with Crippen molar-refractivity contribution >= 4 is 12.2 Å². The second kappa shape index (κ2) is 9.56. The molecule has 0 aliphatic heterocycles. The van der Waals surface area contributed by atoms with E-state index in [4.69, 9.17) is 9.26 Å². The summed E-state index contributed by atoms with van der Waals surface area (Å²) in [7, 11) is 0. The Morgan fingerprint density at radius 3 is 2.87 bits per heavy atom. The standard InChI is InChI=1S/C18H22N2O3/c1-2-22-18(21)11-7-4-8-12-19-14-16-13-17(23-20-16)15-9-5-3-6-10-15/h3,5-6,9-10,13-14H,2,4,7-8,11-12H2,1H3. The zero-order valence-electron chi connectivity index (χ0n) is 13.4. The number of benzene rings is 1. The highest BCUT2D eigenvalue weighted by atomic mass is 16.5. The number of aromatic nitrogens is 1. The Morgan fingerprint density at radius 2 is 2.09 bits per heavy atom. The molecule has 122 valence electrons. The number of nitrogens with zero attached hydrogens (tertiary/aromatic N) is 2. The fourth-order valence-corrected chi connectivity index (χ4v) is 2.13. The predicted molar refractivity (Wildman–Crippen MR) is 89.5 cm³/mol. The lowest BCUT2D eigenvalue weighted by molar-refractivity contribution is -0.143. The Morgan fingerprint density at radius 1 is 1.26 bits per heavy atom. The number of rotatable bonds is 9. The largest absolute Gasteiger partial charge is 0.466 e. The van der Waals surface area contributed by atoms with Crippen molar-refractivity contribution in [2.45, 2.75) is 32.6 Å². The third-order valence-electron chi connectivity index (χ3n) is 3.28. The Bertz CT molecular complexity index is 620. The van der Waals surface area contributed by atoms with E-state index in [-0.39, 0.29) is 5.97 Å². The molecule has 2 aromatic rings. The summed E-state index contributed by atoms with van der Waals surface area (Å²) in [4.78, 5) is 15.5. The molecule has 0 aliphatic rings. The minimum atomic E-state index is -0.118. The van der Waals surface area contributed by atoms with Gasteiger partial charge in [-0.3, -0.25) is 9.79 Å². The average Bonchev–Trinajstić information content (AvgIpc) is 3.04. The van der Waals surface area contributed by atoms with Gasteiger partial charge in [-0.15, -0.1) is 0 Å². The summed E-state index contributed by atoms with van der Waals surface area (Å²) in [5, 5.41) is 3.98. The molecular formula is C18H22N2O3.